The van der Waals surface area contributed by atoms with Crippen molar-refractivity contribution in [3.8, 4) is 0 Å². The van der Waals surface area contributed by atoms with Crippen LogP contribution in [0.15, 0.2) is 24.3 Å². The lowest BCUT2D eigenvalue weighted by molar-refractivity contribution is -0.125. The van der Waals surface area contributed by atoms with E-state index in [0.29, 0.717) is 13.1 Å². The molecule has 0 radical (unpaired) electrons. The van der Waals surface area contributed by atoms with Gasteiger partial charge in [0.25, 0.3) is 0 Å². The minimum absolute atomic E-state index is 0.0609. The molecule has 3 heteroatoms. The van der Waals surface area contributed by atoms with Crippen LogP contribution in [0, 0.1) is 12.8 Å². The summed E-state index contributed by atoms with van der Waals surface area (Å²) >= 11 is 0. The van der Waals surface area contributed by atoms with Crippen LogP contribution in [0.5, 0.6) is 0 Å². The SMILES string of the molecule is CCC(CN)C(=O)NCC(C)(C)c1cccc(C)c1. The van der Waals surface area contributed by atoms with E-state index in [1.165, 1.54) is 11.1 Å². The molecule has 1 unspecified atom stereocenters. The molecule has 0 heterocycles. The Morgan fingerprint density at radius 2 is 2.11 bits per heavy atom. The monoisotopic (exact) mass is 262 g/mol. The molecular weight excluding hydrogens is 236 g/mol. The highest BCUT2D eigenvalue weighted by atomic mass is 16.1. The summed E-state index contributed by atoms with van der Waals surface area (Å²) in [6.45, 7) is 9.40. The molecular formula is C16H26N2O. The lowest BCUT2D eigenvalue weighted by atomic mass is 9.83. The first-order valence-electron chi connectivity index (χ1n) is 6.95. The molecule has 1 rings (SSSR count). The average Bonchev–Trinajstić information content (AvgIpc) is 2.38. The Hall–Kier alpha value is -1.35. The van der Waals surface area contributed by atoms with Crippen molar-refractivity contribution in [2.45, 2.75) is 39.5 Å². The summed E-state index contributed by atoms with van der Waals surface area (Å²) in [5.41, 5.74) is 8.00. The molecule has 3 nitrogen and oxygen atoms in total. The number of amides is 1. The second-order valence-corrected chi connectivity index (χ2v) is 5.81. The van der Waals surface area contributed by atoms with E-state index in [-0.39, 0.29) is 17.2 Å². The first kappa shape index (κ1) is 15.7. The lowest BCUT2D eigenvalue weighted by Gasteiger charge is -2.27. The minimum atomic E-state index is -0.0756. The van der Waals surface area contributed by atoms with Gasteiger partial charge in [-0.3, -0.25) is 4.79 Å². The lowest BCUT2D eigenvalue weighted by Crippen LogP contribution is -2.41. The van der Waals surface area contributed by atoms with Crippen molar-refractivity contribution >= 4 is 5.91 Å². The number of nitrogens with two attached hydrogens (primary N) is 1. The summed E-state index contributed by atoms with van der Waals surface area (Å²) in [5.74, 6) is -0.0148. The van der Waals surface area contributed by atoms with Gasteiger partial charge in [-0.25, -0.2) is 0 Å². The number of carbonyl (C=O) groups is 1. The number of rotatable bonds is 6. The predicted molar refractivity (Wildman–Crippen MR) is 80.1 cm³/mol. The number of hydrogen-bond acceptors (Lipinski definition) is 2. The highest BCUT2D eigenvalue weighted by Gasteiger charge is 2.23. The predicted octanol–water partition coefficient (Wildman–Crippen LogP) is 2.37. The molecule has 0 fully saturated rings. The van der Waals surface area contributed by atoms with E-state index in [0.717, 1.165) is 6.42 Å². The summed E-state index contributed by atoms with van der Waals surface area (Å²) in [4.78, 5) is 12.0. The van der Waals surface area contributed by atoms with Crippen molar-refractivity contribution in [1.29, 1.82) is 0 Å². The maximum Gasteiger partial charge on any atom is 0.224 e. The summed E-state index contributed by atoms with van der Waals surface area (Å²) < 4.78 is 0. The number of nitrogens with one attached hydrogen (secondary N) is 1. The van der Waals surface area contributed by atoms with Gasteiger partial charge in [-0.05, 0) is 18.9 Å². The van der Waals surface area contributed by atoms with Gasteiger partial charge in [0.05, 0.1) is 0 Å². The van der Waals surface area contributed by atoms with Crippen molar-refractivity contribution in [3.05, 3.63) is 35.4 Å². The van der Waals surface area contributed by atoms with Gasteiger partial charge in [-0.2, -0.15) is 0 Å². The molecule has 1 aromatic carbocycles. The van der Waals surface area contributed by atoms with Crippen molar-refractivity contribution in [2.24, 2.45) is 11.7 Å². The number of aryl methyl sites for hydroxylation is 1. The number of hydrogen-bond donors (Lipinski definition) is 2. The van der Waals surface area contributed by atoms with E-state index in [4.69, 9.17) is 5.73 Å². The molecule has 0 aliphatic rings. The zero-order chi connectivity index (χ0) is 14.5. The van der Waals surface area contributed by atoms with E-state index < -0.39 is 0 Å². The molecule has 1 atom stereocenters. The first-order chi connectivity index (χ1) is 8.90. The van der Waals surface area contributed by atoms with Crippen LogP contribution in [0.1, 0.15) is 38.3 Å². The third-order valence-electron chi connectivity index (χ3n) is 3.65. The van der Waals surface area contributed by atoms with E-state index in [9.17, 15) is 4.79 Å². The molecule has 19 heavy (non-hydrogen) atoms. The second-order valence-electron chi connectivity index (χ2n) is 5.81. The fourth-order valence-electron chi connectivity index (χ4n) is 2.08. The van der Waals surface area contributed by atoms with Crippen molar-refractivity contribution in [1.82, 2.24) is 5.32 Å². The van der Waals surface area contributed by atoms with E-state index in [2.05, 4.69) is 50.4 Å². The van der Waals surface area contributed by atoms with E-state index >= 15 is 0 Å². The maximum absolute atomic E-state index is 12.0. The van der Waals surface area contributed by atoms with Crippen LogP contribution < -0.4 is 11.1 Å². The van der Waals surface area contributed by atoms with E-state index in [1.54, 1.807) is 0 Å². The topological polar surface area (TPSA) is 55.1 Å². The van der Waals surface area contributed by atoms with Crippen LogP contribution in [0.4, 0.5) is 0 Å². The van der Waals surface area contributed by atoms with Gasteiger partial charge in [-0.15, -0.1) is 0 Å². The summed E-state index contributed by atoms with van der Waals surface area (Å²) in [7, 11) is 0. The van der Waals surface area contributed by atoms with Gasteiger partial charge in [0, 0.05) is 24.4 Å². The molecule has 3 N–H and O–H groups in total. The third kappa shape index (κ3) is 4.35. The van der Waals surface area contributed by atoms with Gasteiger partial charge in [0.1, 0.15) is 0 Å². The smallest absolute Gasteiger partial charge is 0.224 e. The summed E-state index contributed by atoms with van der Waals surface area (Å²) in [5, 5.41) is 3.02. The average molecular weight is 262 g/mol. The Kier molecular flexibility index (Phi) is 5.55. The largest absolute Gasteiger partial charge is 0.355 e. The van der Waals surface area contributed by atoms with E-state index in [1.807, 2.05) is 6.92 Å². The second kappa shape index (κ2) is 6.71. The zero-order valence-electron chi connectivity index (χ0n) is 12.5. The van der Waals surface area contributed by atoms with Crippen molar-refractivity contribution in [3.63, 3.8) is 0 Å². The first-order valence-corrected chi connectivity index (χ1v) is 6.95. The van der Waals surface area contributed by atoms with Gasteiger partial charge in [0.15, 0.2) is 0 Å². The normalized spacial score (nSPS) is 13.1. The molecule has 0 aromatic heterocycles. The molecule has 0 aliphatic heterocycles. The Morgan fingerprint density at radius 3 is 2.63 bits per heavy atom. The summed E-state index contributed by atoms with van der Waals surface area (Å²) in [6.07, 6.45) is 0.785. The van der Waals surface area contributed by atoms with Crippen LogP contribution in [-0.4, -0.2) is 19.0 Å². The standard InChI is InChI=1S/C16H26N2O/c1-5-13(10-17)15(19)18-11-16(3,4)14-8-6-7-12(2)9-14/h6-9,13H,5,10-11,17H2,1-4H3,(H,18,19). The third-order valence-corrected chi connectivity index (χ3v) is 3.65. The molecule has 0 bridgehead atoms. The maximum atomic E-state index is 12.0. The van der Waals surface area contributed by atoms with Crippen molar-refractivity contribution < 1.29 is 4.79 Å². The van der Waals surface area contributed by atoms with Crippen LogP contribution in [0.2, 0.25) is 0 Å². The number of carbonyl (C=O) groups excluding carboxylic acids is 1. The number of benzene rings is 1. The molecule has 0 aliphatic carbocycles. The highest BCUT2D eigenvalue weighted by Crippen LogP contribution is 2.23. The molecule has 106 valence electrons. The Bertz CT molecular complexity index is 423. The minimum Gasteiger partial charge on any atom is -0.355 e. The fourth-order valence-corrected chi connectivity index (χ4v) is 2.08. The molecule has 0 saturated carbocycles. The molecule has 0 saturated heterocycles. The van der Waals surface area contributed by atoms with Crippen LogP contribution in [0.25, 0.3) is 0 Å². The van der Waals surface area contributed by atoms with Gasteiger partial charge in [0.2, 0.25) is 5.91 Å². The Morgan fingerprint density at radius 1 is 1.42 bits per heavy atom. The molecule has 0 spiro atoms. The molecule has 1 amide bonds. The molecule has 1 aromatic rings. The van der Waals surface area contributed by atoms with Crippen LogP contribution >= 0.6 is 0 Å². The quantitative estimate of drug-likeness (QED) is 0.827. The van der Waals surface area contributed by atoms with Crippen LogP contribution in [0.3, 0.4) is 0 Å². The van der Waals surface area contributed by atoms with Crippen LogP contribution in [-0.2, 0) is 10.2 Å². The highest BCUT2D eigenvalue weighted by molar-refractivity contribution is 5.78. The zero-order valence-corrected chi connectivity index (χ0v) is 12.5. The van der Waals surface area contributed by atoms with Gasteiger partial charge >= 0.3 is 0 Å². The Balaban J connectivity index is 2.67. The Labute approximate surface area is 116 Å². The fraction of sp³-hybridized carbons (Fsp3) is 0.562. The van der Waals surface area contributed by atoms with Gasteiger partial charge < -0.3 is 11.1 Å². The van der Waals surface area contributed by atoms with Crippen molar-refractivity contribution in [2.75, 3.05) is 13.1 Å². The van der Waals surface area contributed by atoms with Gasteiger partial charge in [-0.1, -0.05) is 50.6 Å². The summed E-state index contributed by atoms with van der Waals surface area (Å²) in [6, 6.07) is 8.43.